The van der Waals surface area contributed by atoms with Crippen LogP contribution in [0.5, 0.6) is 0 Å². The van der Waals surface area contributed by atoms with E-state index in [1.807, 2.05) is 0 Å². The molecule has 4 heteroatoms. The smallest absolute Gasteiger partial charge is 0.306 e. The maximum Gasteiger partial charge on any atom is 0.306 e. The van der Waals surface area contributed by atoms with Gasteiger partial charge in [0.15, 0.2) is 0 Å². The third-order valence-corrected chi connectivity index (χ3v) is 2.25. The molecular weight excluding hydrogens is 182 g/mol. The van der Waals surface area contributed by atoms with E-state index in [0.717, 1.165) is 0 Å². The molecule has 0 aliphatic rings. The van der Waals surface area contributed by atoms with Gasteiger partial charge in [-0.1, -0.05) is 6.92 Å². The van der Waals surface area contributed by atoms with Gasteiger partial charge in [-0.2, -0.15) is 0 Å². The van der Waals surface area contributed by atoms with E-state index in [-0.39, 0.29) is 6.42 Å². The number of carbonyl (C=O) groups is 1. The lowest BCUT2D eigenvalue weighted by molar-refractivity contribution is -0.143. The molecule has 2 N–H and O–H groups in total. The number of pyridine rings is 1. The molecule has 0 aliphatic carbocycles. The molecule has 0 fully saturated rings. The van der Waals surface area contributed by atoms with E-state index in [9.17, 15) is 9.90 Å². The summed E-state index contributed by atoms with van der Waals surface area (Å²) in [5.41, 5.74) is -0.688. The van der Waals surface area contributed by atoms with E-state index in [4.69, 9.17) is 5.11 Å². The van der Waals surface area contributed by atoms with Gasteiger partial charge in [-0.25, -0.2) is 0 Å². The van der Waals surface area contributed by atoms with Crippen molar-refractivity contribution in [2.75, 3.05) is 0 Å². The lowest BCUT2D eigenvalue weighted by atomic mass is 9.89. The summed E-state index contributed by atoms with van der Waals surface area (Å²) in [7, 11) is 0. The second-order valence-electron chi connectivity index (χ2n) is 3.19. The van der Waals surface area contributed by atoms with Gasteiger partial charge in [0.1, 0.15) is 0 Å². The van der Waals surface area contributed by atoms with Gasteiger partial charge in [-0.3, -0.25) is 9.78 Å². The van der Waals surface area contributed by atoms with Crippen molar-refractivity contribution in [3.8, 4) is 0 Å². The topological polar surface area (TPSA) is 70.4 Å². The van der Waals surface area contributed by atoms with E-state index in [1.165, 1.54) is 12.4 Å². The van der Waals surface area contributed by atoms with Crippen molar-refractivity contribution < 1.29 is 15.0 Å². The monoisotopic (exact) mass is 195 g/mol. The molecule has 4 nitrogen and oxygen atoms in total. The summed E-state index contributed by atoms with van der Waals surface area (Å²) in [5.74, 6) is -1.01. The average Bonchev–Trinajstić information content (AvgIpc) is 2.18. The third-order valence-electron chi connectivity index (χ3n) is 2.25. The molecule has 1 heterocycles. The van der Waals surface area contributed by atoms with Crippen LogP contribution in [0.2, 0.25) is 0 Å². The molecule has 1 rings (SSSR count). The summed E-state index contributed by atoms with van der Waals surface area (Å²) >= 11 is 0. The van der Waals surface area contributed by atoms with Gasteiger partial charge in [0.05, 0.1) is 12.0 Å². The Kier molecular flexibility index (Phi) is 3.19. The van der Waals surface area contributed by atoms with Crippen LogP contribution in [0.3, 0.4) is 0 Å². The van der Waals surface area contributed by atoms with E-state index in [0.29, 0.717) is 12.0 Å². The highest BCUT2D eigenvalue weighted by molar-refractivity contribution is 5.68. The van der Waals surface area contributed by atoms with E-state index < -0.39 is 11.6 Å². The number of nitrogens with zero attached hydrogens (tertiary/aromatic N) is 1. The quantitative estimate of drug-likeness (QED) is 0.756. The maximum atomic E-state index is 10.6. The third kappa shape index (κ3) is 2.29. The number of rotatable bonds is 4. The van der Waals surface area contributed by atoms with Gasteiger partial charge in [0.2, 0.25) is 0 Å². The van der Waals surface area contributed by atoms with Crippen molar-refractivity contribution in [3.05, 3.63) is 30.1 Å². The summed E-state index contributed by atoms with van der Waals surface area (Å²) in [6, 6.07) is 3.26. The standard InChI is InChI=1S/C10H13NO3/c1-2-10(14,7-9(12)13)8-3-5-11-6-4-8/h3-6,14H,2,7H2,1H3,(H,12,13). The molecule has 0 bridgehead atoms. The molecule has 0 spiro atoms. The zero-order valence-electron chi connectivity index (χ0n) is 7.97. The molecule has 1 atom stereocenters. The molecule has 14 heavy (non-hydrogen) atoms. The zero-order chi connectivity index (χ0) is 10.6. The molecule has 0 radical (unpaired) electrons. The Bertz CT molecular complexity index is 312. The number of carboxylic acids is 1. The van der Waals surface area contributed by atoms with Gasteiger partial charge in [0, 0.05) is 12.4 Å². The van der Waals surface area contributed by atoms with Crippen molar-refractivity contribution in [1.29, 1.82) is 0 Å². The Morgan fingerprint density at radius 1 is 1.50 bits per heavy atom. The van der Waals surface area contributed by atoms with Crippen LogP contribution in [0, 0.1) is 0 Å². The zero-order valence-corrected chi connectivity index (χ0v) is 7.97. The summed E-state index contributed by atoms with van der Waals surface area (Å²) in [4.78, 5) is 14.4. The minimum Gasteiger partial charge on any atom is -0.481 e. The van der Waals surface area contributed by atoms with Crippen LogP contribution in [-0.2, 0) is 10.4 Å². The Morgan fingerprint density at radius 3 is 2.50 bits per heavy atom. The normalized spacial score (nSPS) is 14.7. The highest BCUT2D eigenvalue weighted by Gasteiger charge is 2.29. The second-order valence-corrected chi connectivity index (χ2v) is 3.19. The number of hydrogen-bond donors (Lipinski definition) is 2. The second kappa shape index (κ2) is 4.19. The average molecular weight is 195 g/mol. The van der Waals surface area contributed by atoms with Crippen LogP contribution in [0.25, 0.3) is 0 Å². The first-order chi connectivity index (χ1) is 6.58. The molecule has 0 saturated carbocycles. The summed E-state index contributed by atoms with van der Waals surface area (Å²) < 4.78 is 0. The molecule has 76 valence electrons. The molecular formula is C10H13NO3. The fourth-order valence-electron chi connectivity index (χ4n) is 1.34. The lowest BCUT2D eigenvalue weighted by Gasteiger charge is -2.25. The Balaban J connectivity index is 2.95. The summed E-state index contributed by atoms with van der Waals surface area (Å²) in [6.45, 7) is 1.75. The first kappa shape index (κ1) is 10.7. The molecule has 0 aliphatic heterocycles. The number of aliphatic carboxylic acids is 1. The molecule has 0 aromatic carbocycles. The highest BCUT2D eigenvalue weighted by Crippen LogP contribution is 2.27. The molecule has 0 amide bonds. The molecule has 1 unspecified atom stereocenters. The fourth-order valence-corrected chi connectivity index (χ4v) is 1.34. The Hall–Kier alpha value is -1.42. The SMILES string of the molecule is CCC(O)(CC(=O)O)c1ccncc1. The van der Waals surface area contributed by atoms with E-state index in [1.54, 1.807) is 19.1 Å². The van der Waals surface area contributed by atoms with Gasteiger partial charge in [0.25, 0.3) is 0 Å². The minimum absolute atomic E-state index is 0.284. The van der Waals surface area contributed by atoms with Gasteiger partial charge >= 0.3 is 5.97 Å². The number of carboxylic acid groups (broad SMARTS) is 1. The molecule has 1 aromatic rings. The van der Waals surface area contributed by atoms with Crippen LogP contribution in [-0.4, -0.2) is 21.2 Å². The summed E-state index contributed by atoms with van der Waals surface area (Å²) in [5, 5.41) is 18.7. The van der Waals surface area contributed by atoms with Gasteiger partial charge in [-0.05, 0) is 24.1 Å². The largest absolute Gasteiger partial charge is 0.481 e. The number of aromatic nitrogens is 1. The van der Waals surface area contributed by atoms with Crippen LogP contribution in [0.4, 0.5) is 0 Å². The Labute approximate surface area is 82.2 Å². The van der Waals surface area contributed by atoms with Crippen LogP contribution >= 0.6 is 0 Å². The first-order valence-corrected chi connectivity index (χ1v) is 4.43. The number of aliphatic hydroxyl groups is 1. The van der Waals surface area contributed by atoms with Crippen molar-refractivity contribution >= 4 is 5.97 Å². The van der Waals surface area contributed by atoms with Crippen LogP contribution < -0.4 is 0 Å². The van der Waals surface area contributed by atoms with Crippen molar-refractivity contribution in [3.63, 3.8) is 0 Å². The van der Waals surface area contributed by atoms with Crippen molar-refractivity contribution in [2.24, 2.45) is 0 Å². The predicted octanol–water partition coefficient (Wildman–Crippen LogP) is 1.15. The van der Waals surface area contributed by atoms with E-state index >= 15 is 0 Å². The van der Waals surface area contributed by atoms with Crippen molar-refractivity contribution in [2.45, 2.75) is 25.4 Å². The molecule has 1 aromatic heterocycles. The van der Waals surface area contributed by atoms with E-state index in [2.05, 4.69) is 4.98 Å². The van der Waals surface area contributed by atoms with Crippen LogP contribution in [0.1, 0.15) is 25.3 Å². The first-order valence-electron chi connectivity index (χ1n) is 4.43. The van der Waals surface area contributed by atoms with Gasteiger partial charge < -0.3 is 10.2 Å². The lowest BCUT2D eigenvalue weighted by Crippen LogP contribution is -2.28. The predicted molar refractivity (Wildman–Crippen MR) is 50.7 cm³/mol. The number of hydrogen-bond acceptors (Lipinski definition) is 3. The highest BCUT2D eigenvalue weighted by atomic mass is 16.4. The van der Waals surface area contributed by atoms with Crippen LogP contribution in [0.15, 0.2) is 24.5 Å². The molecule has 0 saturated heterocycles. The van der Waals surface area contributed by atoms with Gasteiger partial charge in [-0.15, -0.1) is 0 Å². The fraction of sp³-hybridized carbons (Fsp3) is 0.400. The minimum atomic E-state index is -1.28. The Morgan fingerprint density at radius 2 is 2.07 bits per heavy atom. The van der Waals surface area contributed by atoms with Crippen molar-refractivity contribution in [1.82, 2.24) is 4.98 Å². The maximum absolute atomic E-state index is 10.6. The summed E-state index contributed by atoms with van der Waals surface area (Å²) in [6.07, 6.45) is 3.16.